The third kappa shape index (κ3) is 5.30. The standard InChI is InChI=1S/C15H25N3O/c1-3-5-11-18(13-9-7-6-8-10-13)12-14(15(16)19)17-4-2/h6-10,14,17H,3-5,11-12H2,1-2H3,(H2,16,19). The lowest BCUT2D eigenvalue weighted by atomic mass is 10.2. The summed E-state index contributed by atoms with van der Waals surface area (Å²) in [4.78, 5) is 13.7. The van der Waals surface area contributed by atoms with Gasteiger partial charge in [0.05, 0.1) is 0 Å². The van der Waals surface area contributed by atoms with Crippen molar-refractivity contribution in [3.8, 4) is 0 Å². The van der Waals surface area contributed by atoms with Gasteiger partial charge < -0.3 is 16.0 Å². The number of nitrogens with two attached hydrogens (primary N) is 1. The Bertz CT molecular complexity index is 367. The number of nitrogens with zero attached hydrogens (tertiary/aromatic N) is 1. The number of rotatable bonds is 9. The summed E-state index contributed by atoms with van der Waals surface area (Å²) in [5, 5.41) is 3.14. The number of benzene rings is 1. The van der Waals surface area contributed by atoms with E-state index in [0.717, 1.165) is 31.6 Å². The maximum absolute atomic E-state index is 11.5. The van der Waals surface area contributed by atoms with E-state index < -0.39 is 0 Å². The number of anilines is 1. The third-order valence-electron chi connectivity index (χ3n) is 3.10. The van der Waals surface area contributed by atoms with Crippen LogP contribution in [-0.4, -0.2) is 31.6 Å². The molecule has 0 spiro atoms. The van der Waals surface area contributed by atoms with Crippen molar-refractivity contribution in [2.45, 2.75) is 32.7 Å². The molecule has 1 amide bonds. The van der Waals surface area contributed by atoms with Gasteiger partial charge in [0.15, 0.2) is 0 Å². The molecule has 3 N–H and O–H groups in total. The minimum absolute atomic E-state index is 0.292. The van der Waals surface area contributed by atoms with Gasteiger partial charge in [0.1, 0.15) is 6.04 Å². The topological polar surface area (TPSA) is 58.4 Å². The zero-order valence-electron chi connectivity index (χ0n) is 11.9. The van der Waals surface area contributed by atoms with Crippen molar-refractivity contribution in [1.82, 2.24) is 5.32 Å². The zero-order chi connectivity index (χ0) is 14.1. The van der Waals surface area contributed by atoms with Crippen LogP contribution in [0.1, 0.15) is 26.7 Å². The Morgan fingerprint density at radius 3 is 2.53 bits per heavy atom. The molecule has 4 nitrogen and oxygen atoms in total. The molecule has 0 aliphatic heterocycles. The maximum Gasteiger partial charge on any atom is 0.236 e. The van der Waals surface area contributed by atoms with Crippen LogP contribution in [0.15, 0.2) is 30.3 Å². The van der Waals surface area contributed by atoms with Crippen molar-refractivity contribution in [1.29, 1.82) is 0 Å². The summed E-state index contributed by atoms with van der Waals surface area (Å²) in [6.07, 6.45) is 2.23. The number of unbranched alkanes of at least 4 members (excludes halogenated alkanes) is 1. The first kappa shape index (κ1) is 15.5. The van der Waals surface area contributed by atoms with Crippen molar-refractivity contribution in [3.63, 3.8) is 0 Å². The Labute approximate surface area is 116 Å². The number of carbonyl (C=O) groups excluding carboxylic acids is 1. The number of hydrogen-bond donors (Lipinski definition) is 2. The third-order valence-corrected chi connectivity index (χ3v) is 3.10. The van der Waals surface area contributed by atoms with Crippen LogP contribution in [0.3, 0.4) is 0 Å². The molecule has 106 valence electrons. The minimum Gasteiger partial charge on any atom is -0.369 e. The molecule has 0 radical (unpaired) electrons. The Morgan fingerprint density at radius 1 is 1.32 bits per heavy atom. The Hall–Kier alpha value is -1.55. The highest BCUT2D eigenvalue weighted by Gasteiger charge is 2.18. The second kappa shape index (κ2) is 8.53. The summed E-state index contributed by atoms with van der Waals surface area (Å²) in [6.45, 7) is 6.45. The number of nitrogens with one attached hydrogen (secondary N) is 1. The first-order chi connectivity index (χ1) is 9.19. The first-order valence-electron chi connectivity index (χ1n) is 7.01. The van der Waals surface area contributed by atoms with E-state index in [0.29, 0.717) is 6.54 Å². The van der Waals surface area contributed by atoms with Crippen molar-refractivity contribution in [2.75, 3.05) is 24.5 Å². The van der Waals surface area contributed by atoms with E-state index >= 15 is 0 Å². The summed E-state index contributed by atoms with van der Waals surface area (Å²) in [7, 11) is 0. The van der Waals surface area contributed by atoms with Crippen molar-refractivity contribution in [3.05, 3.63) is 30.3 Å². The van der Waals surface area contributed by atoms with Crippen LogP contribution < -0.4 is 16.0 Å². The molecule has 19 heavy (non-hydrogen) atoms. The fourth-order valence-electron chi connectivity index (χ4n) is 2.04. The van der Waals surface area contributed by atoms with Crippen LogP contribution in [0, 0.1) is 0 Å². The predicted octanol–water partition coefficient (Wildman–Crippen LogP) is 1.76. The van der Waals surface area contributed by atoms with Gasteiger partial charge in [-0.2, -0.15) is 0 Å². The van der Waals surface area contributed by atoms with Gasteiger partial charge in [0.2, 0.25) is 5.91 Å². The molecule has 0 heterocycles. The van der Waals surface area contributed by atoms with E-state index in [9.17, 15) is 4.79 Å². The lowest BCUT2D eigenvalue weighted by Gasteiger charge is -2.28. The molecule has 1 aromatic rings. The van der Waals surface area contributed by atoms with Gasteiger partial charge in [-0.1, -0.05) is 38.5 Å². The molecule has 0 fully saturated rings. The number of para-hydroxylation sites is 1. The number of hydrogen-bond acceptors (Lipinski definition) is 3. The summed E-state index contributed by atoms with van der Waals surface area (Å²) in [5.41, 5.74) is 6.59. The van der Waals surface area contributed by atoms with E-state index in [1.807, 2.05) is 25.1 Å². The molecule has 0 saturated heterocycles. The monoisotopic (exact) mass is 263 g/mol. The average molecular weight is 263 g/mol. The quantitative estimate of drug-likeness (QED) is 0.713. The molecule has 0 aromatic heterocycles. The van der Waals surface area contributed by atoms with Crippen LogP contribution in [-0.2, 0) is 4.79 Å². The lowest BCUT2D eigenvalue weighted by molar-refractivity contribution is -0.119. The van der Waals surface area contributed by atoms with Crippen molar-refractivity contribution < 1.29 is 4.79 Å². The average Bonchev–Trinajstić information content (AvgIpc) is 2.43. The molecule has 0 bridgehead atoms. The molecule has 1 unspecified atom stereocenters. The van der Waals surface area contributed by atoms with Gasteiger partial charge >= 0.3 is 0 Å². The van der Waals surface area contributed by atoms with Crippen molar-refractivity contribution >= 4 is 11.6 Å². The van der Waals surface area contributed by atoms with Crippen LogP contribution in [0.2, 0.25) is 0 Å². The fraction of sp³-hybridized carbons (Fsp3) is 0.533. The summed E-state index contributed by atoms with van der Waals surface area (Å²) in [5.74, 6) is -0.292. The molecule has 1 atom stereocenters. The summed E-state index contributed by atoms with van der Waals surface area (Å²) in [6, 6.07) is 9.86. The predicted molar refractivity (Wildman–Crippen MR) is 80.2 cm³/mol. The van der Waals surface area contributed by atoms with Gasteiger partial charge in [-0.25, -0.2) is 0 Å². The molecule has 0 saturated carbocycles. The normalized spacial score (nSPS) is 12.1. The lowest BCUT2D eigenvalue weighted by Crippen LogP contribution is -2.49. The van der Waals surface area contributed by atoms with Crippen molar-refractivity contribution in [2.24, 2.45) is 5.73 Å². The minimum atomic E-state index is -0.304. The number of amides is 1. The summed E-state index contributed by atoms with van der Waals surface area (Å²) < 4.78 is 0. The smallest absolute Gasteiger partial charge is 0.236 e. The Morgan fingerprint density at radius 2 is 2.00 bits per heavy atom. The van der Waals surface area contributed by atoms with Gasteiger partial charge in [-0.3, -0.25) is 4.79 Å². The van der Waals surface area contributed by atoms with Gasteiger partial charge in [-0.15, -0.1) is 0 Å². The molecule has 4 heteroatoms. The highest BCUT2D eigenvalue weighted by atomic mass is 16.1. The van der Waals surface area contributed by atoms with Gasteiger partial charge in [-0.05, 0) is 25.1 Å². The fourth-order valence-corrected chi connectivity index (χ4v) is 2.04. The van der Waals surface area contributed by atoms with E-state index in [2.05, 4.69) is 29.3 Å². The van der Waals surface area contributed by atoms with Crippen LogP contribution in [0.4, 0.5) is 5.69 Å². The second-order valence-electron chi connectivity index (χ2n) is 4.65. The largest absolute Gasteiger partial charge is 0.369 e. The summed E-state index contributed by atoms with van der Waals surface area (Å²) >= 11 is 0. The van der Waals surface area contributed by atoms with E-state index in [-0.39, 0.29) is 11.9 Å². The SMILES string of the molecule is CCCCN(CC(NCC)C(N)=O)c1ccccc1. The molecule has 0 aliphatic rings. The highest BCUT2D eigenvalue weighted by Crippen LogP contribution is 2.14. The van der Waals surface area contributed by atoms with E-state index in [1.54, 1.807) is 0 Å². The Balaban J connectivity index is 2.76. The molecule has 1 rings (SSSR count). The first-order valence-corrected chi connectivity index (χ1v) is 7.01. The Kier molecular flexibility index (Phi) is 6.97. The molecule has 0 aliphatic carbocycles. The molecular weight excluding hydrogens is 238 g/mol. The maximum atomic E-state index is 11.5. The number of likely N-dealkylation sites (N-methyl/N-ethyl adjacent to an activating group) is 1. The number of primary amides is 1. The molecule has 1 aromatic carbocycles. The zero-order valence-corrected chi connectivity index (χ0v) is 11.9. The second-order valence-corrected chi connectivity index (χ2v) is 4.65. The van der Waals surface area contributed by atoms with Crippen LogP contribution in [0.25, 0.3) is 0 Å². The van der Waals surface area contributed by atoms with Crippen LogP contribution >= 0.6 is 0 Å². The number of carbonyl (C=O) groups is 1. The van der Waals surface area contributed by atoms with Gasteiger partial charge in [0.25, 0.3) is 0 Å². The van der Waals surface area contributed by atoms with Crippen LogP contribution in [0.5, 0.6) is 0 Å². The van der Waals surface area contributed by atoms with E-state index in [4.69, 9.17) is 5.73 Å². The van der Waals surface area contributed by atoms with E-state index in [1.165, 1.54) is 0 Å². The highest BCUT2D eigenvalue weighted by molar-refractivity contribution is 5.80. The molecular formula is C15H25N3O. The van der Waals surface area contributed by atoms with Gasteiger partial charge in [0, 0.05) is 18.8 Å².